The van der Waals surface area contributed by atoms with E-state index < -0.39 is 0 Å². The van der Waals surface area contributed by atoms with E-state index in [0.29, 0.717) is 19.7 Å². The molecule has 0 aliphatic heterocycles. The third-order valence-corrected chi connectivity index (χ3v) is 3.84. The van der Waals surface area contributed by atoms with Gasteiger partial charge in [0.15, 0.2) is 0 Å². The molecule has 0 N–H and O–H groups in total. The van der Waals surface area contributed by atoms with Gasteiger partial charge in [-0.25, -0.2) is 4.68 Å². The van der Waals surface area contributed by atoms with E-state index in [4.69, 9.17) is 4.74 Å². The maximum atomic E-state index is 12.5. The number of nitrogens with zero attached hydrogens (tertiary/aromatic N) is 3. The number of amides is 1. The maximum Gasteiger partial charge on any atom is 0.274 e. The van der Waals surface area contributed by atoms with Crippen molar-refractivity contribution in [3.8, 4) is 5.75 Å². The van der Waals surface area contributed by atoms with E-state index in [2.05, 4.69) is 5.10 Å². The number of rotatable bonds is 8. The van der Waals surface area contributed by atoms with Gasteiger partial charge in [0.1, 0.15) is 18.1 Å². The SMILES string of the molecule is CCCCn1nc(C(=O)N(C)CCOc2cccc(C)c2)ccc1=O. The zero-order valence-corrected chi connectivity index (χ0v) is 15.1. The van der Waals surface area contributed by atoms with Crippen molar-refractivity contribution >= 4 is 5.91 Å². The van der Waals surface area contributed by atoms with Gasteiger partial charge in [0.05, 0.1) is 6.54 Å². The summed E-state index contributed by atoms with van der Waals surface area (Å²) in [4.78, 5) is 25.8. The second kappa shape index (κ2) is 9.01. The van der Waals surface area contributed by atoms with Gasteiger partial charge in [0.25, 0.3) is 11.5 Å². The fraction of sp³-hybridized carbons (Fsp3) is 0.421. The predicted octanol–water partition coefficient (Wildman–Crippen LogP) is 2.50. The Labute approximate surface area is 148 Å². The number of benzene rings is 1. The number of ether oxygens (including phenoxy) is 1. The first-order valence-electron chi connectivity index (χ1n) is 8.54. The van der Waals surface area contributed by atoms with Crippen molar-refractivity contribution in [1.82, 2.24) is 14.7 Å². The molecule has 0 radical (unpaired) electrons. The molecule has 0 atom stereocenters. The Bertz CT molecular complexity index is 771. The highest BCUT2D eigenvalue weighted by molar-refractivity contribution is 5.91. The molecule has 6 nitrogen and oxygen atoms in total. The van der Waals surface area contributed by atoms with Crippen molar-refractivity contribution in [2.24, 2.45) is 0 Å². The molecule has 25 heavy (non-hydrogen) atoms. The van der Waals surface area contributed by atoms with Gasteiger partial charge in [0.2, 0.25) is 0 Å². The standard InChI is InChI=1S/C19H25N3O3/c1-4-5-11-22-18(23)10-9-17(20-22)19(24)21(3)12-13-25-16-8-6-7-15(2)14-16/h6-10,14H,4-5,11-13H2,1-3H3. The Morgan fingerprint density at radius 2 is 2.08 bits per heavy atom. The molecule has 1 amide bonds. The summed E-state index contributed by atoms with van der Waals surface area (Å²) in [5.74, 6) is 0.560. The minimum absolute atomic E-state index is 0.185. The first kappa shape index (κ1) is 18.7. The van der Waals surface area contributed by atoms with Crippen molar-refractivity contribution in [3.05, 3.63) is 58.0 Å². The van der Waals surface area contributed by atoms with E-state index >= 15 is 0 Å². The minimum atomic E-state index is -0.224. The maximum absolute atomic E-state index is 12.5. The lowest BCUT2D eigenvalue weighted by Gasteiger charge is -2.17. The molecule has 1 heterocycles. The fourth-order valence-electron chi connectivity index (χ4n) is 2.33. The summed E-state index contributed by atoms with van der Waals surface area (Å²) in [5.41, 5.74) is 1.21. The number of hydrogen-bond acceptors (Lipinski definition) is 4. The first-order valence-corrected chi connectivity index (χ1v) is 8.54. The lowest BCUT2D eigenvalue weighted by atomic mass is 10.2. The van der Waals surface area contributed by atoms with Crippen LogP contribution in [0.2, 0.25) is 0 Å². The van der Waals surface area contributed by atoms with Gasteiger partial charge in [-0.3, -0.25) is 9.59 Å². The molecular formula is C19H25N3O3. The Morgan fingerprint density at radius 3 is 2.80 bits per heavy atom. The molecule has 0 aliphatic rings. The van der Waals surface area contributed by atoms with Gasteiger partial charge < -0.3 is 9.64 Å². The Morgan fingerprint density at radius 1 is 1.28 bits per heavy atom. The average Bonchev–Trinajstić information content (AvgIpc) is 2.60. The Kier molecular flexibility index (Phi) is 6.74. The first-order chi connectivity index (χ1) is 12.0. The van der Waals surface area contributed by atoms with Gasteiger partial charge in [0, 0.05) is 19.7 Å². The van der Waals surface area contributed by atoms with E-state index in [1.165, 1.54) is 16.8 Å². The van der Waals surface area contributed by atoms with Gasteiger partial charge in [-0.05, 0) is 37.1 Å². The van der Waals surface area contributed by atoms with Crippen LogP contribution in [0.3, 0.4) is 0 Å². The summed E-state index contributed by atoms with van der Waals surface area (Å²) in [6.07, 6.45) is 1.81. The third-order valence-electron chi connectivity index (χ3n) is 3.84. The normalized spacial score (nSPS) is 10.5. The van der Waals surface area contributed by atoms with Crippen molar-refractivity contribution in [1.29, 1.82) is 0 Å². The van der Waals surface area contributed by atoms with Crippen molar-refractivity contribution in [3.63, 3.8) is 0 Å². The van der Waals surface area contributed by atoms with E-state index in [1.54, 1.807) is 11.9 Å². The molecule has 1 aromatic carbocycles. The fourth-order valence-corrected chi connectivity index (χ4v) is 2.33. The average molecular weight is 343 g/mol. The molecule has 0 aliphatic carbocycles. The van der Waals surface area contributed by atoms with Crippen LogP contribution in [0, 0.1) is 6.92 Å². The number of unbranched alkanes of at least 4 members (excludes halogenated alkanes) is 1. The summed E-state index contributed by atoms with van der Waals surface area (Å²) < 4.78 is 7.02. The summed E-state index contributed by atoms with van der Waals surface area (Å²) in [7, 11) is 1.70. The smallest absolute Gasteiger partial charge is 0.274 e. The molecule has 0 saturated carbocycles. The van der Waals surface area contributed by atoms with E-state index in [1.807, 2.05) is 38.1 Å². The van der Waals surface area contributed by atoms with Crippen LogP contribution in [0.4, 0.5) is 0 Å². The van der Waals surface area contributed by atoms with Crippen LogP contribution >= 0.6 is 0 Å². The summed E-state index contributed by atoms with van der Waals surface area (Å²) in [6.45, 7) is 5.39. The lowest BCUT2D eigenvalue weighted by Crippen LogP contribution is -2.33. The zero-order chi connectivity index (χ0) is 18.2. The van der Waals surface area contributed by atoms with Gasteiger partial charge in [-0.15, -0.1) is 0 Å². The van der Waals surface area contributed by atoms with E-state index in [0.717, 1.165) is 24.2 Å². The number of carbonyl (C=O) groups is 1. The van der Waals surface area contributed by atoms with Crippen LogP contribution in [0.5, 0.6) is 5.75 Å². The molecule has 0 spiro atoms. The van der Waals surface area contributed by atoms with Gasteiger partial charge in [-0.2, -0.15) is 5.10 Å². The molecule has 0 unspecified atom stereocenters. The van der Waals surface area contributed by atoms with Crippen LogP contribution in [-0.4, -0.2) is 40.8 Å². The molecule has 2 rings (SSSR count). The number of aromatic nitrogens is 2. The summed E-state index contributed by atoms with van der Waals surface area (Å²) in [6, 6.07) is 10.6. The highest BCUT2D eigenvalue weighted by Crippen LogP contribution is 2.12. The molecule has 6 heteroatoms. The van der Waals surface area contributed by atoms with Crippen molar-refractivity contribution < 1.29 is 9.53 Å². The molecule has 0 bridgehead atoms. The number of aryl methyl sites for hydroxylation is 2. The molecule has 0 fully saturated rings. The Hall–Kier alpha value is -2.63. The Balaban J connectivity index is 1.94. The van der Waals surface area contributed by atoms with Crippen LogP contribution < -0.4 is 10.3 Å². The topological polar surface area (TPSA) is 64.4 Å². The van der Waals surface area contributed by atoms with Crippen molar-refractivity contribution in [2.75, 3.05) is 20.2 Å². The van der Waals surface area contributed by atoms with Gasteiger partial charge in [-0.1, -0.05) is 25.5 Å². The van der Waals surface area contributed by atoms with Crippen LogP contribution in [0.15, 0.2) is 41.2 Å². The summed E-state index contributed by atoms with van der Waals surface area (Å²) >= 11 is 0. The second-order valence-electron chi connectivity index (χ2n) is 6.03. The number of likely N-dealkylation sites (N-methyl/N-ethyl adjacent to an activating group) is 1. The summed E-state index contributed by atoms with van der Waals surface area (Å²) in [5, 5.41) is 4.18. The van der Waals surface area contributed by atoms with Crippen molar-refractivity contribution in [2.45, 2.75) is 33.2 Å². The monoisotopic (exact) mass is 343 g/mol. The molecule has 1 aromatic heterocycles. The third kappa shape index (κ3) is 5.45. The van der Waals surface area contributed by atoms with Crippen LogP contribution in [-0.2, 0) is 6.54 Å². The van der Waals surface area contributed by atoms with Gasteiger partial charge >= 0.3 is 0 Å². The lowest BCUT2D eigenvalue weighted by molar-refractivity contribution is 0.0765. The molecule has 134 valence electrons. The molecular weight excluding hydrogens is 318 g/mol. The highest BCUT2D eigenvalue weighted by atomic mass is 16.5. The van der Waals surface area contributed by atoms with Crippen LogP contribution in [0.25, 0.3) is 0 Å². The highest BCUT2D eigenvalue weighted by Gasteiger charge is 2.14. The molecule has 2 aromatic rings. The predicted molar refractivity (Wildman–Crippen MR) is 97.0 cm³/mol. The largest absolute Gasteiger partial charge is 0.492 e. The zero-order valence-electron chi connectivity index (χ0n) is 15.1. The second-order valence-corrected chi connectivity index (χ2v) is 6.03. The molecule has 0 saturated heterocycles. The number of hydrogen-bond donors (Lipinski definition) is 0. The van der Waals surface area contributed by atoms with E-state index in [9.17, 15) is 9.59 Å². The minimum Gasteiger partial charge on any atom is -0.492 e. The number of carbonyl (C=O) groups excluding carboxylic acids is 1. The van der Waals surface area contributed by atoms with Crippen LogP contribution in [0.1, 0.15) is 35.8 Å². The quantitative estimate of drug-likeness (QED) is 0.739. The van der Waals surface area contributed by atoms with E-state index in [-0.39, 0.29) is 17.2 Å².